The Morgan fingerprint density at radius 2 is 2.08 bits per heavy atom. The molecule has 2 aromatic heterocycles. The Morgan fingerprint density at radius 1 is 1.23 bits per heavy atom. The van der Waals surface area contributed by atoms with E-state index in [2.05, 4.69) is 15.5 Å². The van der Waals surface area contributed by atoms with E-state index in [1.807, 2.05) is 17.5 Å². The Hall–Kier alpha value is -3.13. The predicted octanol–water partition coefficient (Wildman–Crippen LogP) is 2.86. The first-order chi connectivity index (χ1) is 12.6. The van der Waals surface area contributed by atoms with Crippen LogP contribution in [0.15, 0.2) is 41.8 Å². The lowest BCUT2D eigenvalue weighted by Crippen LogP contribution is -2.23. The van der Waals surface area contributed by atoms with Crippen molar-refractivity contribution < 1.29 is 19.1 Å². The van der Waals surface area contributed by atoms with Crippen molar-refractivity contribution in [1.29, 1.82) is 0 Å². The van der Waals surface area contributed by atoms with E-state index in [4.69, 9.17) is 9.47 Å². The second-order valence-electron chi connectivity index (χ2n) is 5.35. The summed E-state index contributed by atoms with van der Waals surface area (Å²) in [6, 6.07) is 10.7. The fourth-order valence-corrected chi connectivity index (χ4v) is 3.10. The van der Waals surface area contributed by atoms with Gasteiger partial charge < -0.3 is 14.8 Å². The van der Waals surface area contributed by atoms with Gasteiger partial charge >= 0.3 is 5.97 Å². The van der Waals surface area contributed by atoms with Crippen molar-refractivity contribution in [3.63, 3.8) is 0 Å². The summed E-state index contributed by atoms with van der Waals surface area (Å²) in [5.74, 6) is -0.387. The third kappa shape index (κ3) is 3.75. The normalized spacial score (nSPS) is 10.4. The Balaban J connectivity index is 1.69. The molecule has 0 saturated heterocycles. The van der Waals surface area contributed by atoms with E-state index in [9.17, 15) is 9.59 Å². The van der Waals surface area contributed by atoms with Gasteiger partial charge in [0, 0.05) is 6.54 Å². The van der Waals surface area contributed by atoms with Crippen molar-refractivity contribution in [2.75, 3.05) is 14.2 Å². The molecule has 1 aromatic carbocycles. The summed E-state index contributed by atoms with van der Waals surface area (Å²) in [5, 5.41) is 11.6. The highest BCUT2D eigenvalue weighted by Crippen LogP contribution is 2.23. The van der Waals surface area contributed by atoms with Crippen LogP contribution in [0, 0.1) is 0 Å². The number of nitrogens with one attached hydrogen (secondary N) is 2. The van der Waals surface area contributed by atoms with Crippen molar-refractivity contribution in [3.8, 4) is 16.3 Å². The van der Waals surface area contributed by atoms with Gasteiger partial charge in [0.05, 0.1) is 24.8 Å². The molecule has 2 heterocycles. The first-order valence-electron chi connectivity index (χ1n) is 7.75. The SMILES string of the molecule is COC(=O)c1cc(CNC(=O)c2cc(-c3cccs3)[nH]n2)ccc1OC. The summed E-state index contributed by atoms with van der Waals surface area (Å²) >= 11 is 1.56. The molecule has 1 amide bonds. The van der Waals surface area contributed by atoms with Crippen LogP contribution in [0.2, 0.25) is 0 Å². The summed E-state index contributed by atoms with van der Waals surface area (Å²) in [4.78, 5) is 25.1. The minimum Gasteiger partial charge on any atom is -0.496 e. The lowest BCUT2D eigenvalue weighted by molar-refractivity contribution is 0.0597. The van der Waals surface area contributed by atoms with Crippen LogP contribution < -0.4 is 10.1 Å². The zero-order valence-corrected chi connectivity index (χ0v) is 15.1. The molecule has 3 rings (SSSR count). The highest BCUT2D eigenvalue weighted by Gasteiger charge is 2.15. The van der Waals surface area contributed by atoms with Crippen LogP contribution in [0.25, 0.3) is 10.6 Å². The van der Waals surface area contributed by atoms with Gasteiger partial charge in [0.1, 0.15) is 11.3 Å². The van der Waals surface area contributed by atoms with Gasteiger partial charge in [0.25, 0.3) is 5.91 Å². The molecule has 7 nitrogen and oxygen atoms in total. The molecule has 0 atom stereocenters. The van der Waals surface area contributed by atoms with Crippen LogP contribution in [0.1, 0.15) is 26.4 Å². The van der Waals surface area contributed by atoms with E-state index < -0.39 is 5.97 Å². The van der Waals surface area contributed by atoms with E-state index in [0.29, 0.717) is 17.0 Å². The van der Waals surface area contributed by atoms with E-state index in [-0.39, 0.29) is 12.5 Å². The molecular formula is C18H17N3O4S. The topological polar surface area (TPSA) is 93.3 Å². The molecule has 0 radical (unpaired) electrons. The maximum absolute atomic E-state index is 12.3. The first-order valence-corrected chi connectivity index (χ1v) is 8.63. The van der Waals surface area contributed by atoms with E-state index in [0.717, 1.165) is 16.1 Å². The zero-order chi connectivity index (χ0) is 18.5. The molecule has 0 fully saturated rings. The number of esters is 1. The van der Waals surface area contributed by atoms with Crippen LogP contribution in [0.3, 0.4) is 0 Å². The number of carbonyl (C=O) groups is 2. The molecular weight excluding hydrogens is 354 g/mol. The summed E-state index contributed by atoms with van der Waals surface area (Å²) in [6.07, 6.45) is 0. The van der Waals surface area contributed by atoms with Crippen molar-refractivity contribution in [3.05, 3.63) is 58.6 Å². The van der Waals surface area contributed by atoms with Crippen LogP contribution in [-0.2, 0) is 11.3 Å². The lowest BCUT2D eigenvalue weighted by Gasteiger charge is -2.09. The smallest absolute Gasteiger partial charge is 0.341 e. The van der Waals surface area contributed by atoms with Crippen LogP contribution in [0.5, 0.6) is 5.75 Å². The number of amides is 1. The number of benzene rings is 1. The van der Waals surface area contributed by atoms with Gasteiger partial charge in [-0.25, -0.2) is 4.79 Å². The summed E-state index contributed by atoms with van der Waals surface area (Å²) in [6.45, 7) is 0.244. The monoisotopic (exact) mass is 371 g/mol. The van der Waals surface area contributed by atoms with Crippen molar-refractivity contribution in [2.45, 2.75) is 6.54 Å². The minimum absolute atomic E-state index is 0.244. The largest absolute Gasteiger partial charge is 0.496 e. The molecule has 0 spiro atoms. The minimum atomic E-state index is -0.497. The third-order valence-corrected chi connectivity index (χ3v) is 4.62. The number of aromatic nitrogens is 2. The number of ether oxygens (including phenoxy) is 2. The molecule has 0 saturated carbocycles. The van der Waals surface area contributed by atoms with Gasteiger partial charge in [-0.1, -0.05) is 12.1 Å². The molecule has 8 heteroatoms. The Morgan fingerprint density at radius 3 is 2.77 bits per heavy atom. The number of thiophene rings is 1. The quantitative estimate of drug-likeness (QED) is 0.650. The standard InChI is InChI=1S/C18H17N3O4S/c1-24-15-6-5-11(8-12(15)18(23)25-2)10-19-17(22)14-9-13(20-21-14)16-4-3-7-26-16/h3-9H,10H2,1-2H3,(H,19,22)(H,20,21). The molecule has 134 valence electrons. The molecule has 3 aromatic rings. The number of carbonyl (C=O) groups excluding carboxylic acids is 2. The van der Waals surface area contributed by atoms with Crippen molar-refractivity contribution >= 4 is 23.2 Å². The van der Waals surface area contributed by atoms with Crippen LogP contribution in [-0.4, -0.2) is 36.3 Å². The number of hydrogen-bond donors (Lipinski definition) is 2. The Labute approximate surface area is 154 Å². The maximum atomic E-state index is 12.3. The third-order valence-electron chi connectivity index (χ3n) is 3.72. The van der Waals surface area contributed by atoms with Gasteiger partial charge in [-0.05, 0) is 35.2 Å². The van der Waals surface area contributed by atoms with Gasteiger partial charge in [-0.15, -0.1) is 11.3 Å². The fourth-order valence-electron chi connectivity index (χ4n) is 2.40. The van der Waals surface area contributed by atoms with Crippen molar-refractivity contribution in [1.82, 2.24) is 15.5 Å². The second kappa shape index (κ2) is 7.83. The highest BCUT2D eigenvalue weighted by atomic mass is 32.1. The van der Waals surface area contributed by atoms with E-state index >= 15 is 0 Å². The molecule has 26 heavy (non-hydrogen) atoms. The molecule has 0 aliphatic carbocycles. The van der Waals surface area contributed by atoms with Gasteiger partial charge in [0.15, 0.2) is 5.69 Å². The average Bonchev–Trinajstić information content (AvgIpc) is 3.36. The molecule has 0 unspecified atom stereocenters. The Bertz CT molecular complexity index is 918. The number of H-pyrrole nitrogens is 1. The van der Waals surface area contributed by atoms with Crippen molar-refractivity contribution in [2.24, 2.45) is 0 Å². The molecule has 2 N–H and O–H groups in total. The Kier molecular flexibility index (Phi) is 5.33. The summed E-state index contributed by atoms with van der Waals surface area (Å²) < 4.78 is 9.90. The van der Waals surface area contributed by atoms with Crippen LogP contribution in [0.4, 0.5) is 0 Å². The molecule has 0 aliphatic heterocycles. The fraction of sp³-hybridized carbons (Fsp3) is 0.167. The van der Waals surface area contributed by atoms with Gasteiger partial charge in [-0.2, -0.15) is 5.10 Å². The summed E-state index contributed by atoms with van der Waals surface area (Å²) in [5.41, 5.74) is 2.15. The number of nitrogens with zero attached hydrogens (tertiary/aromatic N) is 1. The predicted molar refractivity (Wildman–Crippen MR) is 97.4 cm³/mol. The highest BCUT2D eigenvalue weighted by molar-refractivity contribution is 7.13. The van der Waals surface area contributed by atoms with E-state index in [1.54, 1.807) is 35.6 Å². The van der Waals surface area contributed by atoms with E-state index in [1.165, 1.54) is 14.2 Å². The van der Waals surface area contributed by atoms with Gasteiger partial charge in [0.2, 0.25) is 0 Å². The lowest BCUT2D eigenvalue weighted by atomic mass is 10.1. The first kappa shape index (κ1) is 17.7. The maximum Gasteiger partial charge on any atom is 0.341 e. The number of hydrogen-bond acceptors (Lipinski definition) is 6. The molecule has 0 bridgehead atoms. The number of aromatic amines is 1. The number of methoxy groups -OCH3 is 2. The van der Waals surface area contributed by atoms with Gasteiger partial charge in [-0.3, -0.25) is 9.89 Å². The average molecular weight is 371 g/mol. The number of rotatable bonds is 6. The van der Waals surface area contributed by atoms with Crippen LogP contribution >= 0.6 is 11.3 Å². The second-order valence-corrected chi connectivity index (χ2v) is 6.30. The summed E-state index contributed by atoms with van der Waals surface area (Å²) in [7, 11) is 2.78. The molecule has 0 aliphatic rings. The zero-order valence-electron chi connectivity index (χ0n) is 14.2.